The zero-order chi connectivity index (χ0) is 15.5. The Morgan fingerprint density at radius 2 is 2.09 bits per heavy atom. The van der Waals surface area contributed by atoms with Crippen LogP contribution in [0.25, 0.3) is 10.9 Å². The van der Waals surface area contributed by atoms with E-state index in [0.29, 0.717) is 32.8 Å². The van der Waals surface area contributed by atoms with Gasteiger partial charge in [0.05, 0.1) is 25.3 Å². The van der Waals surface area contributed by atoms with Crippen molar-refractivity contribution < 1.29 is 9.53 Å². The number of carbonyl (C=O) groups excluding carboxylic acids is 1. The molecular formula is C16H20N4O2. The molecular weight excluding hydrogens is 280 g/mol. The molecule has 0 atom stereocenters. The molecule has 1 aliphatic heterocycles. The predicted octanol–water partition coefficient (Wildman–Crippen LogP) is 1.23. The Morgan fingerprint density at radius 1 is 1.32 bits per heavy atom. The van der Waals surface area contributed by atoms with Crippen LogP contribution in [0.5, 0.6) is 0 Å². The van der Waals surface area contributed by atoms with Gasteiger partial charge in [0.25, 0.3) is 0 Å². The summed E-state index contributed by atoms with van der Waals surface area (Å²) < 4.78 is 5.28. The van der Waals surface area contributed by atoms with E-state index in [2.05, 4.69) is 9.97 Å². The first-order chi connectivity index (χ1) is 10.7. The number of fused-ring (bicyclic) bond motifs is 1. The third kappa shape index (κ3) is 2.87. The highest BCUT2D eigenvalue weighted by Gasteiger charge is 2.20. The number of likely N-dealkylation sites (N-methyl/N-ethyl adjacent to an activating group) is 1. The van der Waals surface area contributed by atoms with Crippen LogP contribution in [0.15, 0.2) is 24.5 Å². The Kier molecular flexibility index (Phi) is 4.20. The van der Waals surface area contributed by atoms with E-state index in [1.54, 1.807) is 6.33 Å². The molecule has 116 valence electrons. The maximum atomic E-state index is 12.4. The molecule has 0 bridgehead atoms. The molecule has 1 aromatic carbocycles. The number of aryl methyl sites for hydroxylation is 1. The molecule has 1 saturated heterocycles. The second-order valence-corrected chi connectivity index (χ2v) is 5.52. The number of hydrogen-bond donors (Lipinski definition) is 0. The van der Waals surface area contributed by atoms with Gasteiger partial charge in [0, 0.05) is 25.5 Å². The number of anilines is 1. The number of benzene rings is 1. The number of nitrogens with zero attached hydrogens (tertiary/aromatic N) is 4. The molecule has 2 heterocycles. The fraction of sp³-hybridized carbons (Fsp3) is 0.438. The summed E-state index contributed by atoms with van der Waals surface area (Å²) in [4.78, 5) is 24.8. The van der Waals surface area contributed by atoms with Gasteiger partial charge in [-0.05, 0) is 18.6 Å². The normalized spacial score (nSPS) is 15.1. The lowest BCUT2D eigenvalue weighted by atomic mass is 10.1. The van der Waals surface area contributed by atoms with Crippen LogP contribution < -0.4 is 4.90 Å². The average Bonchev–Trinajstić information content (AvgIpc) is 2.55. The van der Waals surface area contributed by atoms with Crippen LogP contribution in [0.4, 0.5) is 5.82 Å². The van der Waals surface area contributed by atoms with E-state index in [4.69, 9.17) is 4.74 Å². The molecule has 1 aliphatic rings. The van der Waals surface area contributed by atoms with Gasteiger partial charge in [-0.1, -0.05) is 12.1 Å². The minimum Gasteiger partial charge on any atom is -0.378 e. The Balaban J connectivity index is 1.83. The molecule has 6 nitrogen and oxygen atoms in total. The quantitative estimate of drug-likeness (QED) is 0.853. The summed E-state index contributed by atoms with van der Waals surface area (Å²) in [5.41, 5.74) is 2.01. The molecule has 1 amide bonds. The molecule has 2 aromatic rings. The molecule has 0 N–H and O–H groups in total. The minimum absolute atomic E-state index is 0.103. The molecule has 0 unspecified atom stereocenters. The summed E-state index contributed by atoms with van der Waals surface area (Å²) in [6, 6.07) is 5.98. The van der Waals surface area contributed by atoms with Gasteiger partial charge >= 0.3 is 0 Å². The Hall–Kier alpha value is -2.21. The minimum atomic E-state index is 0.103. The first-order valence-corrected chi connectivity index (χ1v) is 7.44. The lowest BCUT2D eigenvalue weighted by Gasteiger charge is -2.29. The van der Waals surface area contributed by atoms with Crippen LogP contribution in [0.2, 0.25) is 0 Å². The second kappa shape index (κ2) is 6.27. The van der Waals surface area contributed by atoms with Gasteiger partial charge < -0.3 is 14.5 Å². The molecule has 0 radical (unpaired) electrons. The van der Waals surface area contributed by atoms with Crippen molar-refractivity contribution in [1.82, 2.24) is 14.9 Å². The van der Waals surface area contributed by atoms with Gasteiger partial charge in [-0.25, -0.2) is 9.97 Å². The number of aromatic nitrogens is 2. The number of ether oxygens (including phenoxy) is 1. The van der Waals surface area contributed by atoms with E-state index in [-0.39, 0.29) is 5.91 Å². The lowest BCUT2D eigenvalue weighted by Crippen LogP contribution is -2.45. The van der Waals surface area contributed by atoms with Crippen molar-refractivity contribution in [3.8, 4) is 0 Å². The standard InChI is InChI=1S/C16H20N4O2/c1-12-4-3-5-13-15(12)16(18-11-17-13)19(2)10-14(21)20-6-8-22-9-7-20/h3-5,11H,6-10H2,1-2H3. The van der Waals surface area contributed by atoms with Gasteiger partial charge in [0.1, 0.15) is 12.1 Å². The summed E-state index contributed by atoms with van der Waals surface area (Å²) in [7, 11) is 1.90. The topological polar surface area (TPSA) is 58.6 Å². The molecule has 1 fully saturated rings. The Morgan fingerprint density at radius 3 is 2.86 bits per heavy atom. The number of rotatable bonds is 3. The van der Waals surface area contributed by atoms with Crippen LogP contribution in [0.3, 0.4) is 0 Å². The van der Waals surface area contributed by atoms with Gasteiger partial charge in [-0.3, -0.25) is 4.79 Å². The van der Waals surface area contributed by atoms with Gasteiger partial charge in [-0.2, -0.15) is 0 Å². The number of amides is 1. The van der Waals surface area contributed by atoms with Crippen molar-refractivity contribution in [2.75, 3.05) is 44.8 Å². The van der Waals surface area contributed by atoms with E-state index in [1.807, 2.05) is 42.0 Å². The van der Waals surface area contributed by atoms with Crippen molar-refractivity contribution in [3.63, 3.8) is 0 Å². The SMILES string of the molecule is Cc1cccc2ncnc(N(C)CC(=O)N3CCOCC3)c12. The smallest absolute Gasteiger partial charge is 0.242 e. The van der Waals surface area contributed by atoms with Crippen LogP contribution in [0.1, 0.15) is 5.56 Å². The van der Waals surface area contributed by atoms with Crippen molar-refractivity contribution >= 4 is 22.6 Å². The third-order valence-corrected chi connectivity index (χ3v) is 3.95. The summed E-state index contributed by atoms with van der Waals surface area (Å²) in [6.07, 6.45) is 1.55. The monoisotopic (exact) mass is 300 g/mol. The van der Waals surface area contributed by atoms with Gasteiger partial charge in [-0.15, -0.1) is 0 Å². The van der Waals surface area contributed by atoms with E-state index in [0.717, 1.165) is 22.3 Å². The second-order valence-electron chi connectivity index (χ2n) is 5.52. The Labute approximate surface area is 129 Å². The van der Waals surface area contributed by atoms with E-state index >= 15 is 0 Å². The molecule has 0 spiro atoms. The predicted molar refractivity (Wildman–Crippen MR) is 84.9 cm³/mol. The molecule has 22 heavy (non-hydrogen) atoms. The van der Waals surface area contributed by atoms with E-state index in [9.17, 15) is 4.79 Å². The van der Waals surface area contributed by atoms with Crippen LogP contribution in [0, 0.1) is 6.92 Å². The van der Waals surface area contributed by atoms with E-state index in [1.165, 1.54) is 0 Å². The molecule has 0 aliphatic carbocycles. The number of morpholine rings is 1. The molecule has 0 saturated carbocycles. The maximum Gasteiger partial charge on any atom is 0.242 e. The van der Waals surface area contributed by atoms with Crippen molar-refractivity contribution in [2.24, 2.45) is 0 Å². The van der Waals surface area contributed by atoms with E-state index < -0.39 is 0 Å². The number of carbonyl (C=O) groups is 1. The van der Waals surface area contributed by atoms with Gasteiger partial charge in [0.15, 0.2) is 0 Å². The molecule has 6 heteroatoms. The highest BCUT2D eigenvalue weighted by atomic mass is 16.5. The summed E-state index contributed by atoms with van der Waals surface area (Å²) in [5.74, 6) is 0.899. The Bertz CT molecular complexity index is 678. The number of hydrogen-bond acceptors (Lipinski definition) is 5. The average molecular weight is 300 g/mol. The van der Waals surface area contributed by atoms with Crippen molar-refractivity contribution in [1.29, 1.82) is 0 Å². The van der Waals surface area contributed by atoms with Crippen LogP contribution in [-0.4, -0.2) is 60.7 Å². The lowest BCUT2D eigenvalue weighted by molar-refractivity contribution is -0.133. The fourth-order valence-electron chi connectivity index (χ4n) is 2.74. The van der Waals surface area contributed by atoms with Crippen LogP contribution >= 0.6 is 0 Å². The van der Waals surface area contributed by atoms with Crippen LogP contribution in [-0.2, 0) is 9.53 Å². The summed E-state index contributed by atoms with van der Waals surface area (Å²) >= 11 is 0. The van der Waals surface area contributed by atoms with Crippen molar-refractivity contribution in [3.05, 3.63) is 30.1 Å². The van der Waals surface area contributed by atoms with Crippen molar-refractivity contribution in [2.45, 2.75) is 6.92 Å². The summed E-state index contributed by atoms with van der Waals surface area (Å²) in [5, 5.41) is 1.00. The molecule has 3 rings (SSSR count). The maximum absolute atomic E-state index is 12.4. The first-order valence-electron chi connectivity index (χ1n) is 7.44. The fourth-order valence-corrected chi connectivity index (χ4v) is 2.74. The third-order valence-electron chi connectivity index (χ3n) is 3.95. The zero-order valence-corrected chi connectivity index (χ0v) is 13.0. The molecule has 1 aromatic heterocycles. The zero-order valence-electron chi connectivity index (χ0n) is 13.0. The highest BCUT2D eigenvalue weighted by molar-refractivity contribution is 5.93. The first kappa shape index (κ1) is 14.7. The largest absolute Gasteiger partial charge is 0.378 e. The highest BCUT2D eigenvalue weighted by Crippen LogP contribution is 2.25. The summed E-state index contributed by atoms with van der Waals surface area (Å²) in [6.45, 7) is 4.90. The van der Waals surface area contributed by atoms with Gasteiger partial charge in [0.2, 0.25) is 5.91 Å².